The fourth-order valence-electron chi connectivity index (χ4n) is 2.89. The molecule has 1 heterocycles. The second-order valence-corrected chi connectivity index (χ2v) is 7.60. The summed E-state index contributed by atoms with van der Waals surface area (Å²) >= 11 is 0. The molecule has 0 bridgehead atoms. The van der Waals surface area contributed by atoms with Gasteiger partial charge in [-0.1, -0.05) is 17.7 Å². The molecule has 0 spiro atoms. The third kappa shape index (κ3) is 5.25. The maximum atomic E-state index is 12.5. The highest BCUT2D eigenvalue weighted by Crippen LogP contribution is 2.17. The SMILES string of the molecule is Cc1ccc(C(=O)NCC2CCCCN2C(=O)NC(C)(C)C)cc1. The lowest BCUT2D eigenvalue weighted by Gasteiger charge is -2.37. The van der Waals surface area contributed by atoms with E-state index in [1.54, 1.807) is 0 Å². The van der Waals surface area contributed by atoms with E-state index in [0.29, 0.717) is 12.1 Å². The van der Waals surface area contributed by atoms with E-state index in [1.165, 1.54) is 0 Å². The summed E-state index contributed by atoms with van der Waals surface area (Å²) < 4.78 is 0. The first-order valence-electron chi connectivity index (χ1n) is 8.70. The van der Waals surface area contributed by atoms with Crippen molar-refractivity contribution in [3.05, 3.63) is 35.4 Å². The van der Waals surface area contributed by atoms with Crippen LogP contribution in [0.4, 0.5) is 4.79 Å². The monoisotopic (exact) mass is 331 g/mol. The molecule has 1 aromatic carbocycles. The molecule has 1 atom stereocenters. The van der Waals surface area contributed by atoms with Crippen LogP contribution in [0.2, 0.25) is 0 Å². The number of amides is 3. The van der Waals surface area contributed by atoms with E-state index in [2.05, 4.69) is 10.6 Å². The van der Waals surface area contributed by atoms with E-state index in [1.807, 2.05) is 56.9 Å². The molecule has 0 aromatic heterocycles. The number of nitrogens with zero attached hydrogens (tertiary/aromatic N) is 1. The Kier molecular flexibility index (Phi) is 5.86. The number of benzene rings is 1. The number of hydrogen-bond acceptors (Lipinski definition) is 2. The summed E-state index contributed by atoms with van der Waals surface area (Å²) in [6.07, 6.45) is 3.02. The molecule has 1 saturated heterocycles. The molecule has 1 fully saturated rings. The summed E-state index contributed by atoms with van der Waals surface area (Å²) in [5.74, 6) is -0.0863. The number of rotatable bonds is 3. The van der Waals surface area contributed by atoms with Crippen molar-refractivity contribution in [1.29, 1.82) is 0 Å². The van der Waals surface area contributed by atoms with Crippen LogP contribution in [0.25, 0.3) is 0 Å². The zero-order chi connectivity index (χ0) is 17.7. The molecule has 5 nitrogen and oxygen atoms in total. The van der Waals surface area contributed by atoms with Crippen LogP contribution in [0.3, 0.4) is 0 Å². The summed E-state index contributed by atoms with van der Waals surface area (Å²) in [5, 5.41) is 5.99. The molecule has 5 heteroatoms. The molecule has 1 aliphatic heterocycles. The fraction of sp³-hybridized carbons (Fsp3) is 0.579. The lowest BCUT2D eigenvalue weighted by Crippen LogP contribution is -2.56. The smallest absolute Gasteiger partial charge is 0.318 e. The number of carbonyl (C=O) groups excluding carboxylic acids is 2. The van der Waals surface area contributed by atoms with Gasteiger partial charge in [0.15, 0.2) is 0 Å². The quantitative estimate of drug-likeness (QED) is 0.894. The maximum Gasteiger partial charge on any atom is 0.318 e. The number of hydrogen-bond donors (Lipinski definition) is 2. The molecule has 1 aromatic rings. The normalized spacial score (nSPS) is 18.2. The highest BCUT2D eigenvalue weighted by atomic mass is 16.2. The van der Waals surface area contributed by atoms with Crippen LogP contribution in [0.5, 0.6) is 0 Å². The minimum Gasteiger partial charge on any atom is -0.350 e. The molecule has 2 rings (SSSR count). The number of piperidine rings is 1. The van der Waals surface area contributed by atoms with E-state index in [-0.39, 0.29) is 23.5 Å². The van der Waals surface area contributed by atoms with E-state index < -0.39 is 0 Å². The Morgan fingerprint density at radius 2 is 1.83 bits per heavy atom. The first kappa shape index (κ1) is 18.3. The summed E-state index contributed by atoms with van der Waals surface area (Å²) in [7, 11) is 0. The topological polar surface area (TPSA) is 61.4 Å². The van der Waals surface area contributed by atoms with Gasteiger partial charge in [0, 0.05) is 24.2 Å². The van der Waals surface area contributed by atoms with Gasteiger partial charge in [-0.05, 0) is 59.1 Å². The molecule has 24 heavy (non-hydrogen) atoms. The first-order chi connectivity index (χ1) is 11.3. The lowest BCUT2D eigenvalue weighted by molar-refractivity contribution is 0.0923. The van der Waals surface area contributed by atoms with Gasteiger partial charge in [0.05, 0.1) is 6.04 Å². The molecule has 0 radical (unpaired) electrons. The zero-order valence-corrected chi connectivity index (χ0v) is 15.2. The Morgan fingerprint density at radius 1 is 1.17 bits per heavy atom. The Morgan fingerprint density at radius 3 is 2.46 bits per heavy atom. The molecule has 0 aliphatic carbocycles. The Labute approximate surface area is 144 Å². The molecule has 1 aliphatic rings. The van der Waals surface area contributed by atoms with Crippen LogP contribution in [-0.2, 0) is 0 Å². The van der Waals surface area contributed by atoms with Crippen LogP contribution in [0.15, 0.2) is 24.3 Å². The van der Waals surface area contributed by atoms with Gasteiger partial charge in [0.25, 0.3) is 5.91 Å². The van der Waals surface area contributed by atoms with Gasteiger partial charge < -0.3 is 15.5 Å². The number of carbonyl (C=O) groups is 2. The predicted molar refractivity (Wildman–Crippen MR) is 96.1 cm³/mol. The Hall–Kier alpha value is -2.04. The predicted octanol–water partition coefficient (Wildman–Crippen LogP) is 3.09. The van der Waals surface area contributed by atoms with Gasteiger partial charge in [-0.25, -0.2) is 4.79 Å². The van der Waals surface area contributed by atoms with Gasteiger partial charge >= 0.3 is 6.03 Å². The third-order valence-electron chi connectivity index (χ3n) is 4.18. The number of likely N-dealkylation sites (tertiary alicyclic amines) is 1. The summed E-state index contributed by atoms with van der Waals surface area (Å²) in [5.41, 5.74) is 1.52. The van der Waals surface area contributed by atoms with E-state index >= 15 is 0 Å². The second-order valence-electron chi connectivity index (χ2n) is 7.60. The van der Waals surface area contributed by atoms with Gasteiger partial charge in [-0.15, -0.1) is 0 Å². The number of urea groups is 1. The van der Waals surface area contributed by atoms with E-state index in [4.69, 9.17) is 0 Å². The van der Waals surface area contributed by atoms with Crippen LogP contribution in [0.1, 0.15) is 56.0 Å². The zero-order valence-electron chi connectivity index (χ0n) is 15.2. The van der Waals surface area contributed by atoms with Gasteiger partial charge in [-0.2, -0.15) is 0 Å². The maximum absolute atomic E-state index is 12.5. The highest BCUT2D eigenvalue weighted by molar-refractivity contribution is 5.94. The van der Waals surface area contributed by atoms with Gasteiger partial charge in [0.2, 0.25) is 0 Å². The van der Waals surface area contributed by atoms with Crippen molar-refractivity contribution in [3.8, 4) is 0 Å². The highest BCUT2D eigenvalue weighted by Gasteiger charge is 2.29. The standard InChI is InChI=1S/C19H29N3O2/c1-14-8-10-15(11-9-14)17(23)20-13-16-7-5-6-12-22(16)18(24)21-19(2,3)4/h8-11,16H,5-7,12-13H2,1-4H3,(H,20,23)(H,21,24). The fourth-order valence-corrected chi connectivity index (χ4v) is 2.89. The number of aryl methyl sites for hydroxylation is 1. The molecular formula is C19H29N3O2. The largest absolute Gasteiger partial charge is 0.350 e. The Bertz CT molecular complexity index is 575. The van der Waals surface area contributed by atoms with Crippen molar-refractivity contribution in [2.75, 3.05) is 13.1 Å². The minimum absolute atomic E-state index is 0.0446. The first-order valence-corrected chi connectivity index (χ1v) is 8.70. The molecular weight excluding hydrogens is 302 g/mol. The van der Waals surface area contributed by atoms with Crippen molar-refractivity contribution < 1.29 is 9.59 Å². The summed E-state index contributed by atoms with van der Waals surface area (Å²) in [6.45, 7) is 9.15. The summed E-state index contributed by atoms with van der Waals surface area (Å²) in [6, 6.07) is 7.52. The molecule has 0 saturated carbocycles. The molecule has 132 valence electrons. The van der Waals surface area contributed by atoms with Crippen LogP contribution in [-0.4, -0.2) is 41.5 Å². The molecule has 2 N–H and O–H groups in total. The van der Waals surface area contributed by atoms with E-state index in [9.17, 15) is 9.59 Å². The second kappa shape index (κ2) is 7.69. The Balaban J connectivity index is 1.94. The summed E-state index contributed by atoms with van der Waals surface area (Å²) in [4.78, 5) is 26.6. The van der Waals surface area contributed by atoms with Crippen molar-refractivity contribution >= 4 is 11.9 Å². The molecule has 1 unspecified atom stereocenters. The lowest BCUT2D eigenvalue weighted by atomic mass is 10.0. The third-order valence-corrected chi connectivity index (χ3v) is 4.18. The molecule has 3 amide bonds. The van der Waals surface area contributed by atoms with Crippen molar-refractivity contribution in [1.82, 2.24) is 15.5 Å². The average Bonchev–Trinajstić information content (AvgIpc) is 2.52. The van der Waals surface area contributed by atoms with Crippen molar-refractivity contribution in [3.63, 3.8) is 0 Å². The van der Waals surface area contributed by atoms with Gasteiger partial charge in [0.1, 0.15) is 0 Å². The number of nitrogens with one attached hydrogen (secondary N) is 2. The van der Waals surface area contributed by atoms with Crippen LogP contribution < -0.4 is 10.6 Å². The van der Waals surface area contributed by atoms with Crippen molar-refractivity contribution in [2.24, 2.45) is 0 Å². The van der Waals surface area contributed by atoms with Gasteiger partial charge in [-0.3, -0.25) is 4.79 Å². The van der Waals surface area contributed by atoms with Crippen LogP contribution >= 0.6 is 0 Å². The average molecular weight is 331 g/mol. The minimum atomic E-state index is -0.260. The van der Waals surface area contributed by atoms with Crippen molar-refractivity contribution in [2.45, 2.75) is 58.5 Å². The van der Waals surface area contributed by atoms with Crippen LogP contribution in [0, 0.1) is 6.92 Å². The van der Waals surface area contributed by atoms with E-state index in [0.717, 1.165) is 31.4 Å².